The normalized spacial score (nSPS) is 19.1. The van der Waals surface area contributed by atoms with Crippen LogP contribution in [0.15, 0.2) is 29.0 Å². The van der Waals surface area contributed by atoms with Gasteiger partial charge in [-0.05, 0) is 37.1 Å². The molecular weight excluding hydrogens is 288 g/mol. The molecule has 0 spiro atoms. The summed E-state index contributed by atoms with van der Waals surface area (Å²) in [4.78, 5) is 8.50. The molecule has 1 unspecified atom stereocenters. The van der Waals surface area contributed by atoms with Crippen LogP contribution in [0.3, 0.4) is 0 Å². The Morgan fingerprint density at radius 3 is 3.05 bits per heavy atom. The number of pyridine rings is 1. The summed E-state index contributed by atoms with van der Waals surface area (Å²) >= 11 is 0. The van der Waals surface area contributed by atoms with Crippen LogP contribution in [-0.4, -0.2) is 21.7 Å². The summed E-state index contributed by atoms with van der Waals surface area (Å²) in [6, 6.07) is 4.10. The van der Waals surface area contributed by atoms with Crippen LogP contribution < -0.4 is 5.32 Å². The average Bonchev–Trinajstić information content (AvgIpc) is 2.80. The van der Waals surface area contributed by atoms with Gasteiger partial charge in [-0.2, -0.15) is 4.98 Å². The number of rotatable bonds is 3. The summed E-state index contributed by atoms with van der Waals surface area (Å²) < 4.78 is 5.27. The quantitative estimate of drug-likeness (QED) is 0.943. The molecule has 112 valence electrons. The fraction of sp³-hybridized carbons (Fsp3) is 0.400. The van der Waals surface area contributed by atoms with E-state index in [4.69, 9.17) is 4.52 Å². The molecule has 2 aromatic heterocycles. The maximum atomic E-state index is 5.27. The lowest BCUT2D eigenvalue weighted by atomic mass is 10.1. The summed E-state index contributed by atoms with van der Waals surface area (Å²) in [5, 5.41) is 7.54. The zero-order valence-electron chi connectivity index (χ0n) is 11.7. The van der Waals surface area contributed by atoms with Gasteiger partial charge in [0.1, 0.15) is 0 Å². The van der Waals surface area contributed by atoms with Crippen molar-refractivity contribution in [3.8, 4) is 0 Å². The molecule has 0 aliphatic carbocycles. The Bertz CT molecular complexity index is 562. The monoisotopic (exact) mass is 306 g/mol. The van der Waals surface area contributed by atoms with Gasteiger partial charge in [0.2, 0.25) is 0 Å². The third-order valence-corrected chi connectivity index (χ3v) is 3.43. The number of aromatic nitrogens is 3. The molecule has 6 heteroatoms. The molecule has 0 amide bonds. The third kappa shape index (κ3) is 4.37. The minimum atomic E-state index is 0. The SMILES string of the molecule is C(=C\c1nc(C2CCCCCN2)no1)/c1cccnc1.Cl. The van der Waals surface area contributed by atoms with E-state index >= 15 is 0 Å². The fourth-order valence-electron chi connectivity index (χ4n) is 2.35. The van der Waals surface area contributed by atoms with Gasteiger partial charge in [0.15, 0.2) is 5.82 Å². The van der Waals surface area contributed by atoms with Crippen LogP contribution in [0.2, 0.25) is 0 Å². The summed E-state index contributed by atoms with van der Waals surface area (Å²) in [7, 11) is 0. The van der Waals surface area contributed by atoms with E-state index in [1.54, 1.807) is 12.4 Å². The highest BCUT2D eigenvalue weighted by Gasteiger charge is 2.18. The predicted octanol–water partition coefficient (Wildman–Crippen LogP) is 3.26. The molecule has 0 saturated carbocycles. The van der Waals surface area contributed by atoms with Crippen LogP contribution >= 0.6 is 12.4 Å². The Kier molecular flexibility index (Phi) is 5.90. The Labute approximate surface area is 130 Å². The van der Waals surface area contributed by atoms with Crippen molar-refractivity contribution in [2.45, 2.75) is 31.7 Å². The molecule has 3 heterocycles. The van der Waals surface area contributed by atoms with Gasteiger partial charge in [0.05, 0.1) is 6.04 Å². The third-order valence-electron chi connectivity index (χ3n) is 3.43. The minimum Gasteiger partial charge on any atom is -0.335 e. The number of hydrogen-bond acceptors (Lipinski definition) is 5. The Balaban J connectivity index is 0.00000161. The van der Waals surface area contributed by atoms with Gasteiger partial charge in [-0.25, -0.2) is 0 Å². The van der Waals surface area contributed by atoms with Crippen molar-refractivity contribution in [1.29, 1.82) is 0 Å². The standard InChI is InChI=1S/C15H18N4O.ClH/c1-2-6-13(17-10-3-1)15-18-14(20-19-15)8-7-12-5-4-9-16-11-12;/h4-5,7-9,11,13,17H,1-3,6,10H2;1H/b8-7+;. The summed E-state index contributed by atoms with van der Waals surface area (Å²) in [5.41, 5.74) is 1.01. The van der Waals surface area contributed by atoms with E-state index in [1.807, 2.05) is 24.3 Å². The lowest BCUT2D eigenvalue weighted by Gasteiger charge is -2.09. The number of nitrogens with zero attached hydrogens (tertiary/aromatic N) is 3. The highest BCUT2D eigenvalue weighted by Crippen LogP contribution is 2.20. The highest BCUT2D eigenvalue weighted by atomic mass is 35.5. The van der Waals surface area contributed by atoms with Gasteiger partial charge >= 0.3 is 0 Å². The van der Waals surface area contributed by atoms with Crippen molar-refractivity contribution in [2.75, 3.05) is 6.54 Å². The molecule has 0 aromatic carbocycles. The lowest BCUT2D eigenvalue weighted by Crippen LogP contribution is -2.21. The van der Waals surface area contributed by atoms with Crippen LogP contribution in [0, 0.1) is 0 Å². The predicted molar refractivity (Wildman–Crippen MR) is 83.9 cm³/mol. The van der Waals surface area contributed by atoms with Crippen LogP contribution in [0.4, 0.5) is 0 Å². The Hall–Kier alpha value is -1.72. The molecule has 5 nitrogen and oxygen atoms in total. The molecule has 0 radical (unpaired) electrons. The fourth-order valence-corrected chi connectivity index (χ4v) is 2.35. The molecule has 0 bridgehead atoms. The molecule has 21 heavy (non-hydrogen) atoms. The van der Waals surface area contributed by atoms with Crippen molar-refractivity contribution in [3.63, 3.8) is 0 Å². The van der Waals surface area contributed by atoms with E-state index in [9.17, 15) is 0 Å². The number of halogens is 1. The van der Waals surface area contributed by atoms with Crippen molar-refractivity contribution in [1.82, 2.24) is 20.4 Å². The molecule has 1 saturated heterocycles. The first kappa shape index (κ1) is 15.7. The number of hydrogen-bond donors (Lipinski definition) is 1. The van der Waals surface area contributed by atoms with E-state index < -0.39 is 0 Å². The van der Waals surface area contributed by atoms with Crippen molar-refractivity contribution < 1.29 is 4.52 Å². The van der Waals surface area contributed by atoms with Crippen LogP contribution in [0.25, 0.3) is 12.2 Å². The maximum absolute atomic E-state index is 5.27. The molecule has 1 aliphatic rings. The smallest absolute Gasteiger partial charge is 0.250 e. The Morgan fingerprint density at radius 2 is 2.19 bits per heavy atom. The van der Waals surface area contributed by atoms with Crippen LogP contribution in [0.1, 0.15) is 49.0 Å². The summed E-state index contributed by atoms with van der Waals surface area (Å²) in [6.45, 7) is 1.03. The topological polar surface area (TPSA) is 63.8 Å². The Morgan fingerprint density at radius 1 is 1.24 bits per heavy atom. The minimum absolute atomic E-state index is 0. The first-order valence-corrected chi connectivity index (χ1v) is 7.07. The van der Waals surface area contributed by atoms with Crippen LogP contribution in [-0.2, 0) is 0 Å². The molecule has 2 aromatic rings. The van der Waals surface area contributed by atoms with Crippen molar-refractivity contribution in [2.24, 2.45) is 0 Å². The van der Waals surface area contributed by atoms with Gasteiger partial charge in [-0.3, -0.25) is 4.98 Å². The van der Waals surface area contributed by atoms with E-state index in [2.05, 4.69) is 20.4 Å². The summed E-state index contributed by atoms with van der Waals surface area (Å²) in [5.74, 6) is 1.30. The van der Waals surface area contributed by atoms with Crippen LogP contribution in [0.5, 0.6) is 0 Å². The van der Waals surface area contributed by atoms with E-state index in [1.165, 1.54) is 19.3 Å². The van der Waals surface area contributed by atoms with Crippen molar-refractivity contribution >= 4 is 24.6 Å². The largest absolute Gasteiger partial charge is 0.335 e. The molecule has 1 fully saturated rings. The van der Waals surface area contributed by atoms with Gasteiger partial charge < -0.3 is 9.84 Å². The zero-order chi connectivity index (χ0) is 13.6. The first-order chi connectivity index (χ1) is 9.92. The maximum Gasteiger partial charge on any atom is 0.250 e. The van der Waals surface area contributed by atoms with Gasteiger partial charge in [-0.15, -0.1) is 12.4 Å². The zero-order valence-corrected chi connectivity index (χ0v) is 12.6. The molecule has 3 rings (SSSR count). The van der Waals surface area contributed by atoms with Crippen molar-refractivity contribution in [3.05, 3.63) is 41.8 Å². The average molecular weight is 307 g/mol. The molecular formula is C15H19ClN4O. The second-order valence-electron chi connectivity index (χ2n) is 4.97. The highest BCUT2D eigenvalue weighted by molar-refractivity contribution is 5.85. The second kappa shape index (κ2) is 7.90. The first-order valence-electron chi connectivity index (χ1n) is 7.07. The lowest BCUT2D eigenvalue weighted by molar-refractivity contribution is 0.388. The van der Waals surface area contributed by atoms with Gasteiger partial charge in [0.25, 0.3) is 5.89 Å². The van der Waals surface area contributed by atoms with E-state index in [0.29, 0.717) is 5.89 Å². The van der Waals surface area contributed by atoms with E-state index in [-0.39, 0.29) is 18.4 Å². The van der Waals surface area contributed by atoms with Gasteiger partial charge in [0, 0.05) is 18.5 Å². The molecule has 1 N–H and O–H groups in total. The molecule has 1 atom stereocenters. The molecule has 1 aliphatic heterocycles. The second-order valence-corrected chi connectivity index (χ2v) is 4.97. The number of nitrogens with one attached hydrogen (secondary N) is 1. The van der Waals surface area contributed by atoms with Gasteiger partial charge in [-0.1, -0.05) is 24.1 Å². The van der Waals surface area contributed by atoms with E-state index in [0.717, 1.165) is 24.4 Å². The summed E-state index contributed by atoms with van der Waals surface area (Å²) in [6.07, 6.45) is 12.1.